The fourth-order valence-corrected chi connectivity index (χ4v) is 0.925. The van der Waals surface area contributed by atoms with Crippen molar-refractivity contribution in [1.82, 2.24) is 0 Å². The maximum Gasteiger partial charge on any atom is 0.274 e. The van der Waals surface area contributed by atoms with Crippen LogP contribution < -0.4 is 0 Å². The second-order valence-electron chi connectivity index (χ2n) is 2.06. The molecule has 2 heterocycles. The molecule has 0 atom stereocenters. The third-order valence-corrected chi connectivity index (χ3v) is 1.35. The highest BCUT2D eigenvalue weighted by molar-refractivity contribution is 6.20. The summed E-state index contributed by atoms with van der Waals surface area (Å²) in [5, 5.41) is 0. The van der Waals surface area contributed by atoms with E-state index in [-0.39, 0.29) is 5.91 Å². The van der Waals surface area contributed by atoms with Crippen molar-refractivity contribution in [2.75, 3.05) is 6.61 Å². The van der Waals surface area contributed by atoms with Gasteiger partial charge in [0.2, 0.25) is 0 Å². The minimum atomic E-state index is -0.225. The van der Waals surface area contributed by atoms with Crippen LogP contribution >= 0.6 is 0 Å². The number of aliphatic imine (C=N–C) groups is 1. The molecule has 0 unspecified atom stereocenters. The molecular formula is C7H5NO2. The molecule has 0 saturated heterocycles. The number of fused-ring (bicyclic) bond motifs is 1. The molecule has 3 nitrogen and oxygen atoms in total. The van der Waals surface area contributed by atoms with Gasteiger partial charge < -0.3 is 4.74 Å². The summed E-state index contributed by atoms with van der Waals surface area (Å²) in [7, 11) is 0. The van der Waals surface area contributed by atoms with E-state index in [1.165, 1.54) is 6.08 Å². The van der Waals surface area contributed by atoms with Crippen molar-refractivity contribution < 1.29 is 9.53 Å². The lowest BCUT2D eigenvalue weighted by Gasteiger charge is -2.07. The topological polar surface area (TPSA) is 38.7 Å². The van der Waals surface area contributed by atoms with E-state index in [0.717, 1.165) is 0 Å². The molecule has 2 aliphatic heterocycles. The van der Waals surface area contributed by atoms with Gasteiger partial charge >= 0.3 is 0 Å². The van der Waals surface area contributed by atoms with Crippen LogP contribution in [0.15, 0.2) is 29.0 Å². The monoisotopic (exact) mass is 135 g/mol. The van der Waals surface area contributed by atoms with E-state index >= 15 is 0 Å². The summed E-state index contributed by atoms with van der Waals surface area (Å²) < 4.78 is 5.09. The number of nitrogens with zero attached hydrogens (tertiary/aromatic N) is 1. The molecule has 0 aromatic heterocycles. The first kappa shape index (κ1) is 5.41. The summed E-state index contributed by atoms with van der Waals surface area (Å²) in [5.41, 5.74) is 0.649. The van der Waals surface area contributed by atoms with E-state index < -0.39 is 0 Å². The van der Waals surface area contributed by atoms with Gasteiger partial charge in [0.15, 0.2) is 5.76 Å². The van der Waals surface area contributed by atoms with E-state index in [1.807, 2.05) is 6.08 Å². The molecular weight excluding hydrogens is 130 g/mol. The summed E-state index contributed by atoms with van der Waals surface area (Å²) in [6.07, 6.45) is 5.02. The van der Waals surface area contributed by atoms with Crippen LogP contribution in [0.25, 0.3) is 0 Å². The van der Waals surface area contributed by atoms with Crippen molar-refractivity contribution >= 4 is 11.6 Å². The van der Waals surface area contributed by atoms with E-state index in [4.69, 9.17) is 4.74 Å². The van der Waals surface area contributed by atoms with Gasteiger partial charge in [-0.3, -0.25) is 4.79 Å². The maximum absolute atomic E-state index is 10.6. The zero-order valence-corrected chi connectivity index (χ0v) is 5.20. The third-order valence-electron chi connectivity index (χ3n) is 1.35. The van der Waals surface area contributed by atoms with E-state index in [9.17, 15) is 4.79 Å². The predicted molar refractivity (Wildman–Crippen MR) is 35.6 cm³/mol. The van der Waals surface area contributed by atoms with Gasteiger partial charge in [0.05, 0.1) is 0 Å². The fourth-order valence-electron chi connectivity index (χ4n) is 0.925. The van der Waals surface area contributed by atoms with E-state index in [0.29, 0.717) is 18.1 Å². The Morgan fingerprint density at radius 1 is 1.60 bits per heavy atom. The molecule has 0 fully saturated rings. The van der Waals surface area contributed by atoms with E-state index in [2.05, 4.69) is 4.99 Å². The molecule has 3 heteroatoms. The Kier molecular flexibility index (Phi) is 0.974. The molecule has 1 amide bonds. The average Bonchev–Trinajstić information content (AvgIpc) is 2.27. The van der Waals surface area contributed by atoms with Crippen molar-refractivity contribution in [3.8, 4) is 0 Å². The summed E-state index contributed by atoms with van der Waals surface area (Å²) in [6.45, 7) is 0.540. The number of rotatable bonds is 0. The lowest BCUT2D eigenvalue weighted by atomic mass is 10.2. The average molecular weight is 135 g/mol. The Morgan fingerprint density at radius 3 is 3.30 bits per heavy atom. The van der Waals surface area contributed by atoms with Gasteiger partial charge in [0.1, 0.15) is 12.3 Å². The van der Waals surface area contributed by atoms with Crippen molar-refractivity contribution in [1.29, 1.82) is 0 Å². The van der Waals surface area contributed by atoms with Crippen LogP contribution in [0.3, 0.4) is 0 Å². The van der Waals surface area contributed by atoms with Gasteiger partial charge in [0.25, 0.3) is 5.91 Å². The first-order chi connectivity index (χ1) is 4.86. The van der Waals surface area contributed by atoms with Gasteiger partial charge in [-0.25, -0.2) is 4.99 Å². The predicted octanol–water partition coefficient (Wildman–Crippen LogP) is 0.438. The zero-order chi connectivity index (χ0) is 6.97. The Labute approximate surface area is 57.7 Å². The molecule has 2 rings (SSSR count). The van der Waals surface area contributed by atoms with E-state index in [1.54, 1.807) is 6.08 Å². The quantitative estimate of drug-likeness (QED) is 0.483. The number of amides is 1. The Bertz CT molecular complexity index is 273. The van der Waals surface area contributed by atoms with Crippen LogP contribution in [0.5, 0.6) is 0 Å². The third kappa shape index (κ3) is 0.673. The Hall–Kier alpha value is -1.38. The normalized spacial score (nSPS) is 21.4. The molecule has 0 aromatic carbocycles. The van der Waals surface area contributed by atoms with Gasteiger partial charge in [-0.1, -0.05) is 0 Å². The number of ether oxygens (including phenoxy) is 1. The highest BCUT2D eigenvalue weighted by atomic mass is 16.5. The molecule has 0 aliphatic carbocycles. The minimum absolute atomic E-state index is 0.225. The minimum Gasteiger partial charge on any atom is -0.487 e. The highest BCUT2D eigenvalue weighted by Crippen LogP contribution is 2.13. The molecule has 0 radical (unpaired) electrons. The van der Waals surface area contributed by atoms with Crippen LogP contribution in [0, 0.1) is 0 Å². The molecule has 50 valence electrons. The standard InChI is InChI=1S/C7H5NO2/c9-7-4-6-5(8-7)2-1-3-10-6/h1-2,4H,3H2. The van der Waals surface area contributed by atoms with Gasteiger partial charge in [-0.15, -0.1) is 0 Å². The van der Waals surface area contributed by atoms with Gasteiger partial charge in [-0.05, 0) is 12.2 Å². The van der Waals surface area contributed by atoms with Gasteiger partial charge in [0, 0.05) is 6.08 Å². The Balaban J connectivity index is 2.46. The number of carbonyl (C=O) groups is 1. The molecule has 0 bridgehead atoms. The highest BCUT2D eigenvalue weighted by Gasteiger charge is 2.17. The number of hydrogen-bond acceptors (Lipinski definition) is 2. The van der Waals surface area contributed by atoms with Crippen molar-refractivity contribution in [2.24, 2.45) is 4.99 Å². The van der Waals surface area contributed by atoms with Crippen LogP contribution in [0.2, 0.25) is 0 Å². The fraction of sp³-hybridized carbons (Fsp3) is 0.143. The van der Waals surface area contributed by atoms with Crippen molar-refractivity contribution in [2.45, 2.75) is 0 Å². The molecule has 10 heavy (non-hydrogen) atoms. The molecule has 2 aliphatic rings. The second kappa shape index (κ2) is 1.80. The smallest absolute Gasteiger partial charge is 0.274 e. The lowest BCUT2D eigenvalue weighted by Crippen LogP contribution is -2.05. The Morgan fingerprint density at radius 2 is 2.50 bits per heavy atom. The summed E-state index contributed by atoms with van der Waals surface area (Å²) in [4.78, 5) is 14.3. The zero-order valence-electron chi connectivity index (χ0n) is 5.20. The molecule has 0 spiro atoms. The van der Waals surface area contributed by atoms with Crippen LogP contribution in [0.4, 0.5) is 0 Å². The molecule has 0 N–H and O–H groups in total. The first-order valence-electron chi connectivity index (χ1n) is 3.00. The van der Waals surface area contributed by atoms with Crippen LogP contribution in [-0.4, -0.2) is 18.2 Å². The van der Waals surface area contributed by atoms with Crippen molar-refractivity contribution in [3.63, 3.8) is 0 Å². The summed E-state index contributed by atoms with van der Waals surface area (Å²) in [5.74, 6) is 0.379. The first-order valence-corrected chi connectivity index (χ1v) is 3.00. The van der Waals surface area contributed by atoms with Gasteiger partial charge in [-0.2, -0.15) is 0 Å². The number of allylic oxidation sites excluding steroid dienone is 1. The lowest BCUT2D eigenvalue weighted by molar-refractivity contribution is -0.113. The second-order valence-corrected chi connectivity index (χ2v) is 2.06. The summed E-state index contributed by atoms with van der Waals surface area (Å²) >= 11 is 0. The maximum atomic E-state index is 10.6. The largest absolute Gasteiger partial charge is 0.487 e. The van der Waals surface area contributed by atoms with Crippen molar-refractivity contribution in [3.05, 3.63) is 24.0 Å². The SMILES string of the molecule is O=C1C=C2OCC=CC2=N1. The van der Waals surface area contributed by atoms with Crippen LogP contribution in [0.1, 0.15) is 0 Å². The number of carbonyl (C=O) groups excluding carboxylic acids is 1. The molecule has 0 aromatic rings. The molecule has 0 saturated carbocycles. The number of hydrogen-bond donors (Lipinski definition) is 0. The summed E-state index contributed by atoms with van der Waals surface area (Å²) in [6, 6.07) is 0. The van der Waals surface area contributed by atoms with Crippen LogP contribution in [-0.2, 0) is 9.53 Å².